The molecule has 1 heterocycles. The Kier molecular flexibility index (Phi) is 5.16. The molecule has 0 bridgehead atoms. The molecule has 0 saturated heterocycles. The lowest BCUT2D eigenvalue weighted by atomic mass is 10.3. The second-order valence-corrected chi connectivity index (χ2v) is 4.17. The standard InChI is InChI=1S/C14H15FN4O2/c1-21-6-5-16-14(20)12-8-18-13(9-17-12)19-11-4-2-3-10(15)7-11/h2-4,7-9H,5-6H2,1H3,(H,16,20)(H,18,19). The first-order valence-electron chi connectivity index (χ1n) is 6.31. The van der Waals surface area contributed by atoms with Crippen LogP contribution in [0.25, 0.3) is 0 Å². The second kappa shape index (κ2) is 7.30. The van der Waals surface area contributed by atoms with Gasteiger partial charge in [0.25, 0.3) is 5.91 Å². The lowest BCUT2D eigenvalue weighted by Crippen LogP contribution is -2.27. The van der Waals surface area contributed by atoms with Crippen molar-refractivity contribution in [2.45, 2.75) is 0 Å². The van der Waals surface area contributed by atoms with Crippen LogP contribution in [-0.4, -0.2) is 36.1 Å². The predicted octanol–water partition coefficient (Wildman–Crippen LogP) is 1.74. The van der Waals surface area contributed by atoms with Gasteiger partial charge in [-0.1, -0.05) is 6.07 Å². The van der Waals surface area contributed by atoms with Crippen LogP contribution >= 0.6 is 0 Å². The average Bonchev–Trinajstić information content (AvgIpc) is 2.48. The number of carbonyl (C=O) groups excluding carboxylic acids is 1. The molecule has 6 nitrogen and oxygen atoms in total. The maximum Gasteiger partial charge on any atom is 0.271 e. The van der Waals surface area contributed by atoms with Crippen molar-refractivity contribution in [1.82, 2.24) is 15.3 Å². The highest BCUT2D eigenvalue weighted by Gasteiger charge is 2.07. The molecule has 1 amide bonds. The Bertz CT molecular complexity index is 604. The minimum Gasteiger partial charge on any atom is -0.383 e. The van der Waals surface area contributed by atoms with E-state index < -0.39 is 0 Å². The van der Waals surface area contributed by atoms with E-state index in [4.69, 9.17) is 4.74 Å². The van der Waals surface area contributed by atoms with Crippen LogP contribution in [0.5, 0.6) is 0 Å². The first-order valence-corrected chi connectivity index (χ1v) is 6.31. The Balaban J connectivity index is 1.97. The summed E-state index contributed by atoms with van der Waals surface area (Å²) in [4.78, 5) is 19.8. The maximum atomic E-state index is 13.0. The summed E-state index contributed by atoms with van der Waals surface area (Å²) in [5.41, 5.74) is 0.762. The summed E-state index contributed by atoms with van der Waals surface area (Å²) in [6, 6.07) is 5.98. The Labute approximate surface area is 121 Å². The minimum absolute atomic E-state index is 0.205. The highest BCUT2D eigenvalue weighted by atomic mass is 19.1. The third kappa shape index (κ3) is 4.50. The van der Waals surface area contributed by atoms with Crippen molar-refractivity contribution in [3.63, 3.8) is 0 Å². The summed E-state index contributed by atoms with van der Waals surface area (Å²) in [5, 5.41) is 5.54. The fourth-order valence-corrected chi connectivity index (χ4v) is 1.58. The zero-order valence-corrected chi connectivity index (χ0v) is 11.5. The molecule has 0 fully saturated rings. The van der Waals surface area contributed by atoms with E-state index in [1.807, 2.05) is 0 Å². The van der Waals surface area contributed by atoms with Crippen LogP contribution in [-0.2, 0) is 4.74 Å². The molecular weight excluding hydrogens is 275 g/mol. The SMILES string of the molecule is COCCNC(=O)c1cnc(Nc2cccc(F)c2)cn1. The summed E-state index contributed by atoms with van der Waals surface area (Å²) in [7, 11) is 1.55. The Hall–Kier alpha value is -2.54. The summed E-state index contributed by atoms with van der Waals surface area (Å²) >= 11 is 0. The summed E-state index contributed by atoms with van der Waals surface area (Å²) in [6.07, 6.45) is 2.76. The third-order valence-corrected chi connectivity index (χ3v) is 2.57. The minimum atomic E-state index is -0.345. The van der Waals surface area contributed by atoms with Crippen molar-refractivity contribution in [2.24, 2.45) is 0 Å². The van der Waals surface area contributed by atoms with Crippen LogP contribution in [0.3, 0.4) is 0 Å². The maximum absolute atomic E-state index is 13.0. The van der Waals surface area contributed by atoms with Gasteiger partial charge in [0.1, 0.15) is 17.3 Å². The zero-order chi connectivity index (χ0) is 15.1. The van der Waals surface area contributed by atoms with Gasteiger partial charge in [0.15, 0.2) is 0 Å². The number of nitrogens with one attached hydrogen (secondary N) is 2. The largest absolute Gasteiger partial charge is 0.383 e. The van der Waals surface area contributed by atoms with E-state index in [1.165, 1.54) is 24.5 Å². The number of ether oxygens (including phenoxy) is 1. The van der Waals surface area contributed by atoms with Crippen LogP contribution in [0.2, 0.25) is 0 Å². The predicted molar refractivity (Wildman–Crippen MR) is 75.9 cm³/mol. The number of aromatic nitrogens is 2. The molecule has 0 saturated carbocycles. The molecule has 0 aliphatic rings. The molecule has 110 valence electrons. The Morgan fingerprint density at radius 3 is 2.86 bits per heavy atom. The smallest absolute Gasteiger partial charge is 0.271 e. The Morgan fingerprint density at radius 2 is 2.19 bits per heavy atom. The van der Waals surface area contributed by atoms with E-state index in [2.05, 4.69) is 20.6 Å². The van der Waals surface area contributed by atoms with Crippen LogP contribution in [0, 0.1) is 5.82 Å². The number of hydrogen-bond donors (Lipinski definition) is 2. The fraction of sp³-hybridized carbons (Fsp3) is 0.214. The van der Waals surface area contributed by atoms with E-state index in [-0.39, 0.29) is 17.4 Å². The van der Waals surface area contributed by atoms with E-state index in [0.717, 1.165) is 0 Å². The molecule has 2 rings (SSSR count). The van der Waals surface area contributed by atoms with E-state index >= 15 is 0 Å². The molecule has 0 spiro atoms. The van der Waals surface area contributed by atoms with Gasteiger partial charge >= 0.3 is 0 Å². The summed E-state index contributed by atoms with van der Waals surface area (Å²) in [6.45, 7) is 0.832. The molecule has 0 aliphatic heterocycles. The van der Waals surface area contributed by atoms with Gasteiger partial charge in [0.05, 0.1) is 19.0 Å². The van der Waals surface area contributed by atoms with Gasteiger partial charge in [0.2, 0.25) is 0 Å². The number of carbonyl (C=O) groups is 1. The molecule has 21 heavy (non-hydrogen) atoms. The van der Waals surface area contributed by atoms with E-state index in [1.54, 1.807) is 19.2 Å². The molecule has 0 radical (unpaired) electrons. The van der Waals surface area contributed by atoms with Crippen LogP contribution in [0.15, 0.2) is 36.7 Å². The highest BCUT2D eigenvalue weighted by molar-refractivity contribution is 5.92. The number of methoxy groups -OCH3 is 1. The van der Waals surface area contributed by atoms with Crippen molar-refractivity contribution < 1.29 is 13.9 Å². The van der Waals surface area contributed by atoms with Gasteiger partial charge in [-0.3, -0.25) is 4.79 Å². The van der Waals surface area contributed by atoms with Gasteiger partial charge in [-0.05, 0) is 18.2 Å². The van der Waals surface area contributed by atoms with Crippen molar-refractivity contribution >= 4 is 17.4 Å². The normalized spacial score (nSPS) is 10.2. The molecule has 2 aromatic rings. The van der Waals surface area contributed by atoms with Crippen LogP contribution in [0.1, 0.15) is 10.5 Å². The van der Waals surface area contributed by atoms with E-state index in [9.17, 15) is 9.18 Å². The number of amides is 1. The number of rotatable bonds is 6. The summed E-state index contributed by atoms with van der Waals surface area (Å²) < 4.78 is 17.9. The monoisotopic (exact) mass is 290 g/mol. The highest BCUT2D eigenvalue weighted by Crippen LogP contribution is 2.14. The molecule has 0 aliphatic carbocycles. The molecule has 2 N–H and O–H groups in total. The molecule has 0 atom stereocenters. The van der Waals surface area contributed by atoms with Crippen molar-refractivity contribution in [3.05, 3.63) is 48.2 Å². The second-order valence-electron chi connectivity index (χ2n) is 4.17. The van der Waals surface area contributed by atoms with Crippen molar-refractivity contribution in [3.8, 4) is 0 Å². The van der Waals surface area contributed by atoms with Crippen molar-refractivity contribution in [1.29, 1.82) is 0 Å². The number of benzene rings is 1. The zero-order valence-electron chi connectivity index (χ0n) is 11.5. The molecule has 1 aromatic carbocycles. The Morgan fingerprint density at radius 1 is 1.33 bits per heavy atom. The van der Waals surface area contributed by atoms with Gasteiger partial charge in [-0.25, -0.2) is 14.4 Å². The first-order chi connectivity index (χ1) is 10.2. The van der Waals surface area contributed by atoms with E-state index in [0.29, 0.717) is 24.7 Å². The molecular formula is C14H15FN4O2. The lowest BCUT2D eigenvalue weighted by molar-refractivity contribution is 0.0932. The number of anilines is 2. The molecule has 0 unspecified atom stereocenters. The first kappa shape index (κ1) is 14.9. The number of halogens is 1. The lowest BCUT2D eigenvalue weighted by Gasteiger charge is -2.06. The quantitative estimate of drug-likeness (QED) is 0.792. The van der Waals surface area contributed by atoms with Gasteiger partial charge in [-0.15, -0.1) is 0 Å². The molecule has 1 aromatic heterocycles. The van der Waals surface area contributed by atoms with Crippen LogP contribution < -0.4 is 10.6 Å². The topological polar surface area (TPSA) is 76.1 Å². The number of hydrogen-bond acceptors (Lipinski definition) is 5. The van der Waals surface area contributed by atoms with Crippen LogP contribution in [0.4, 0.5) is 15.9 Å². The average molecular weight is 290 g/mol. The van der Waals surface area contributed by atoms with Crippen molar-refractivity contribution in [2.75, 3.05) is 25.6 Å². The summed E-state index contributed by atoms with van der Waals surface area (Å²) in [5.74, 6) is -0.243. The molecule has 7 heteroatoms. The van der Waals surface area contributed by atoms with Gasteiger partial charge in [-0.2, -0.15) is 0 Å². The van der Waals surface area contributed by atoms with Gasteiger partial charge in [0, 0.05) is 19.3 Å². The number of nitrogens with zero attached hydrogens (tertiary/aromatic N) is 2. The van der Waals surface area contributed by atoms with Gasteiger partial charge < -0.3 is 15.4 Å². The third-order valence-electron chi connectivity index (χ3n) is 2.57. The fourth-order valence-electron chi connectivity index (χ4n) is 1.58.